The fraction of sp³-hybridized carbons (Fsp3) is 0.706. The van der Waals surface area contributed by atoms with E-state index >= 15 is 0 Å². The van der Waals surface area contributed by atoms with Gasteiger partial charge in [-0.2, -0.15) is 8.42 Å². The standard InChI is InChI=1S/C34H56O15S/c35-50(36,37)30-29-48-26-25-46-22-21-44-18-17-42-14-13-40-10-9-38-7-8-39-11-12-41-15-16-43-19-20-45-23-24-47-27-28-49-34-6-5-32-3-1-2-4-33(32)31-34/h1-6,31H,7-30H2,(H,35,36,37). The van der Waals surface area contributed by atoms with Gasteiger partial charge < -0.3 is 56.8 Å². The minimum absolute atomic E-state index is 0.0692. The van der Waals surface area contributed by atoms with Crippen molar-refractivity contribution in [3.8, 4) is 5.75 Å². The maximum absolute atomic E-state index is 10.5. The molecule has 288 valence electrons. The Morgan fingerprint density at radius 2 is 0.680 bits per heavy atom. The molecule has 0 heterocycles. The van der Waals surface area contributed by atoms with Gasteiger partial charge in [0.2, 0.25) is 0 Å². The molecule has 0 aliphatic carbocycles. The number of ether oxygens (including phenoxy) is 12. The van der Waals surface area contributed by atoms with Crippen LogP contribution in [-0.4, -0.2) is 171 Å². The molecule has 0 bridgehead atoms. The summed E-state index contributed by atoms with van der Waals surface area (Å²) in [6.45, 7) is 9.98. The summed E-state index contributed by atoms with van der Waals surface area (Å²) >= 11 is 0. The van der Waals surface area contributed by atoms with Crippen molar-refractivity contribution in [2.24, 2.45) is 0 Å². The highest BCUT2D eigenvalue weighted by molar-refractivity contribution is 7.85. The Morgan fingerprint density at radius 1 is 0.380 bits per heavy atom. The molecule has 0 spiro atoms. The average molecular weight is 737 g/mol. The number of rotatable bonds is 37. The highest BCUT2D eigenvalue weighted by Gasteiger charge is 2.03. The molecule has 0 saturated heterocycles. The third-order valence-corrected chi connectivity index (χ3v) is 7.11. The molecule has 0 radical (unpaired) electrons. The quantitative estimate of drug-likeness (QED) is 0.0793. The first-order chi connectivity index (χ1) is 24.5. The van der Waals surface area contributed by atoms with Gasteiger partial charge in [0.25, 0.3) is 10.1 Å². The number of benzene rings is 2. The third-order valence-electron chi connectivity index (χ3n) is 6.42. The van der Waals surface area contributed by atoms with E-state index in [0.29, 0.717) is 139 Å². The van der Waals surface area contributed by atoms with Crippen LogP contribution in [0, 0.1) is 0 Å². The summed E-state index contributed by atoms with van der Waals surface area (Å²) in [6, 6.07) is 14.2. The summed E-state index contributed by atoms with van der Waals surface area (Å²) in [5.41, 5.74) is 0. The fourth-order valence-corrected chi connectivity index (χ4v) is 4.27. The molecule has 0 amide bonds. The van der Waals surface area contributed by atoms with Crippen molar-refractivity contribution in [2.45, 2.75) is 0 Å². The summed E-state index contributed by atoms with van der Waals surface area (Å²) in [7, 11) is -3.99. The lowest BCUT2D eigenvalue weighted by molar-refractivity contribution is -0.0276. The second kappa shape index (κ2) is 31.7. The van der Waals surface area contributed by atoms with Gasteiger partial charge in [0.05, 0.1) is 151 Å². The third kappa shape index (κ3) is 27.7. The van der Waals surface area contributed by atoms with Crippen LogP contribution in [0.25, 0.3) is 10.8 Å². The molecule has 0 fully saturated rings. The van der Waals surface area contributed by atoms with Crippen molar-refractivity contribution in [3.05, 3.63) is 42.5 Å². The molecule has 0 aromatic heterocycles. The lowest BCUT2D eigenvalue weighted by atomic mass is 10.1. The van der Waals surface area contributed by atoms with Gasteiger partial charge in [-0.3, -0.25) is 4.55 Å². The van der Waals surface area contributed by atoms with Crippen LogP contribution in [0.3, 0.4) is 0 Å². The van der Waals surface area contributed by atoms with Gasteiger partial charge in [0.15, 0.2) is 0 Å². The molecular weight excluding hydrogens is 680 g/mol. The highest BCUT2D eigenvalue weighted by Crippen LogP contribution is 2.20. The zero-order chi connectivity index (χ0) is 35.6. The van der Waals surface area contributed by atoms with E-state index in [1.54, 1.807) is 0 Å². The lowest BCUT2D eigenvalue weighted by Crippen LogP contribution is -2.16. The summed E-state index contributed by atoms with van der Waals surface area (Å²) < 4.78 is 94.9. The molecule has 0 atom stereocenters. The summed E-state index contributed by atoms with van der Waals surface area (Å²) in [6.07, 6.45) is 0. The van der Waals surface area contributed by atoms with Crippen LogP contribution >= 0.6 is 0 Å². The smallest absolute Gasteiger partial charge is 0.267 e. The van der Waals surface area contributed by atoms with E-state index in [-0.39, 0.29) is 13.2 Å². The minimum Gasteiger partial charge on any atom is -0.491 e. The van der Waals surface area contributed by atoms with Crippen LogP contribution in [0.2, 0.25) is 0 Å². The molecule has 1 N–H and O–H groups in total. The van der Waals surface area contributed by atoms with Crippen molar-refractivity contribution in [1.29, 1.82) is 0 Å². The molecule has 15 nitrogen and oxygen atoms in total. The van der Waals surface area contributed by atoms with Gasteiger partial charge in [0, 0.05) is 0 Å². The Labute approximate surface area is 296 Å². The van der Waals surface area contributed by atoms with Crippen LogP contribution in [0.1, 0.15) is 0 Å². The summed E-state index contributed by atoms with van der Waals surface area (Å²) in [4.78, 5) is 0. The van der Waals surface area contributed by atoms with Crippen molar-refractivity contribution in [3.63, 3.8) is 0 Å². The van der Waals surface area contributed by atoms with Crippen molar-refractivity contribution < 1.29 is 69.8 Å². The van der Waals surface area contributed by atoms with E-state index in [0.717, 1.165) is 11.1 Å². The van der Waals surface area contributed by atoms with Crippen LogP contribution in [0.15, 0.2) is 42.5 Å². The van der Waals surface area contributed by atoms with Gasteiger partial charge in [-0.25, -0.2) is 0 Å². The molecule has 2 aromatic carbocycles. The Balaban J connectivity index is 1.16. The Bertz CT molecular complexity index is 1150. The van der Waals surface area contributed by atoms with Crippen LogP contribution in [0.4, 0.5) is 0 Å². The van der Waals surface area contributed by atoms with Crippen LogP contribution in [-0.2, 0) is 62.2 Å². The lowest BCUT2D eigenvalue weighted by Gasteiger charge is -2.09. The first kappa shape index (κ1) is 44.1. The van der Waals surface area contributed by atoms with Crippen LogP contribution in [0.5, 0.6) is 5.75 Å². The zero-order valence-electron chi connectivity index (χ0n) is 29.1. The zero-order valence-corrected chi connectivity index (χ0v) is 29.9. The second-order valence-electron chi connectivity index (χ2n) is 10.4. The molecule has 2 aromatic rings. The molecular formula is C34H56O15S. The van der Waals surface area contributed by atoms with Gasteiger partial charge in [0.1, 0.15) is 12.4 Å². The summed E-state index contributed by atoms with van der Waals surface area (Å²) in [5, 5.41) is 2.35. The monoisotopic (exact) mass is 736 g/mol. The van der Waals surface area contributed by atoms with Gasteiger partial charge in [-0.05, 0) is 22.9 Å². The first-order valence-electron chi connectivity index (χ1n) is 17.0. The molecule has 2 rings (SSSR count). The van der Waals surface area contributed by atoms with E-state index in [1.807, 2.05) is 24.3 Å². The number of hydrogen-bond acceptors (Lipinski definition) is 14. The van der Waals surface area contributed by atoms with E-state index in [1.165, 1.54) is 5.39 Å². The highest BCUT2D eigenvalue weighted by atomic mass is 32.2. The minimum atomic E-state index is -3.99. The Hall–Kier alpha value is -2.03. The van der Waals surface area contributed by atoms with E-state index in [9.17, 15) is 8.42 Å². The maximum atomic E-state index is 10.5. The average Bonchev–Trinajstić information content (AvgIpc) is 3.11. The van der Waals surface area contributed by atoms with Crippen molar-refractivity contribution >= 4 is 20.9 Å². The van der Waals surface area contributed by atoms with E-state index < -0.39 is 15.9 Å². The SMILES string of the molecule is O=S(=O)(O)CCOCCOCCOCCOCCOCCOCCOCCOCCOCCOCCOCCOc1ccc2ccccc2c1. The molecule has 0 aliphatic rings. The van der Waals surface area contributed by atoms with Gasteiger partial charge >= 0.3 is 0 Å². The van der Waals surface area contributed by atoms with Crippen molar-refractivity contribution in [1.82, 2.24) is 0 Å². The van der Waals surface area contributed by atoms with Gasteiger partial charge in [-0.15, -0.1) is 0 Å². The molecule has 16 heteroatoms. The normalized spacial score (nSPS) is 11.9. The first-order valence-corrected chi connectivity index (χ1v) is 18.6. The molecule has 0 aliphatic heterocycles. The predicted molar refractivity (Wildman–Crippen MR) is 185 cm³/mol. The second-order valence-corrected chi connectivity index (χ2v) is 12.0. The molecule has 0 saturated carbocycles. The van der Waals surface area contributed by atoms with E-state index in [2.05, 4.69) is 18.2 Å². The topological polar surface area (TPSA) is 165 Å². The van der Waals surface area contributed by atoms with E-state index in [4.69, 9.17) is 61.4 Å². The Morgan fingerprint density at radius 3 is 1.02 bits per heavy atom. The largest absolute Gasteiger partial charge is 0.491 e. The number of hydrogen-bond donors (Lipinski definition) is 1. The Kier molecular flexibility index (Phi) is 28.0. The molecule has 0 unspecified atom stereocenters. The van der Waals surface area contributed by atoms with Gasteiger partial charge in [-0.1, -0.05) is 30.3 Å². The fourth-order valence-electron chi connectivity index (χ4n) is 3.94. The maximum Gasteiger partial charge on any atom is 0.267 e. The predicted octanol–water partition coefficient (Wildman–Crippen LogP) is 2.29. The molecule has 50 heavy (non-hydrogen) atoms. The summed E-state index contributed by atoms with van der Waals surface area (Å²) in [5.74, 6) is 0.411. The number of fused-ring (bicyclic) bond motifs is 1. The van der Waals surface area contributed by atoms with Crippen molar-refractivity contribution in [2.75, 3.05) is 158 Å². The van der Waals surface area contributed by atoms with Crippen LogP contribution < -0.4 is 4.74 Å².